The van der Waals surface area contributed by atoms with E-state index in [4.69, 9.17) is 16.3 Å². The van der Waals surface area contributed by atoms with Crippen molar-refractivity contribution in [2.45, 2.75) is 0 Å². The first-order valence-corrected chi connectivity index (χ1v) is 4.73. The number of fused-ring (bicyclic) bond motifs is 1. The van der Waals surface area contributed by atoms with E-state index >= 15 is 0 Å². The van der Waals surface area contributed by atoms with E-state index in [1.165, 1.54) is 0 Å². The van der Waals surface area contributed by atoms with E-state index in [-0.39, 0.29) is 5.97 Å². The van der Waals surface area contributed by atoms with Crippen molar-refractivity contribution in [2.24, 2.45) is 0 Å². The van der Waals surface area contributed by atoms with Crippen LogP contribution in [0.25, 0.3) is 5.76 Å². The molecule has 0 fully saturated rings. The molecule has 0 spiro atoms. The van der Waals surface area contributed by atoms with Gasteiger partial charge in [0.25, 0.3) is 0 Å². The Morgan fingerprint density at radius 1 is 1.47 bits per heavy atom. The van der Waals surface area contributed by atoms with E-state index in [1.807, 2.05) is 14.1 Å². The van der Waals surface area contributed by atoms with Gasteiger partial charge in [-0.1, -0.05) is 11.6 Å². The van der Waals surface area contributed by atoms with E-state index in [1.54, 1.807) is 23.2 Å². The Balaban J connectivity index is 2.53. The molecule has 0 unspecified atom stereocenters. The van der Waals surface area contributed by atoms with Crippen LogP contribution in [0.3, 0.4) is 0 Å². The predicted octanol–water partition coefficient (Wildman–Crippen LogP) is 1.77. The minimum atomic E-state index is -0.387. The second-order valence-electron chi connectivity index (χ2n) is 3.38. The van der Waals surface area contributed by atoms with Crippen LogP contribution in [0.5, 0.6) is 0 Å². The van der Waals surface area contributed by atoms with Gasteiger partial charge in [0.15, 0.2) is 5.76 Å². The lowest BCUT2D eigenvalue weighted by Gasteiger charge is -2.05. The van der Waals surface area contributed by atoms with Crippen molar-refractivity contribution in [2.75, 3.05) is 14.1 Å². The van der Waals surface area contributed by atoms with Crippen molar-refractivity contribution in [3.8, 4) is 0 Å². The molecule has 5 heteroatoms. The smallest absolute Gasteiger partial charge is 0.346 e. The fourth-order valence-electron chi connectivity index (χ4n) is 1.31. The third-order valence-electron chi connectivity index (χ3n) is 1.89. The molecule has 0 bridgehead atoms. The van der Waals surface area contributed by atoms with Gasteiger partial charge in [0, 0.05) is 20.3 Å². The summed E-state index contributed by atoms with van der Waals surface area (Å²) in [6.07, 6.45) is 1.69. The van der Waals surface area contributed by atoms with Crippen LogP contribution in [0.15, 0.2) is 18.3 Å². The van der Waals surface area contributed by atoms with Crippen molar-refractivity contribution < 1.29 is 9.53 Å². The minimum absolute atomic E-state index is 0.344. The van der Waals surface area contributed by atoms with E-state index in [0.717, 1.165) is 0 Å². The number of carbonyl (C=O) groups is 1. The Morgan fingerprint density at radius 2 is 2.20 bits per heavy atom. The quantitative estimate of drug-likeness (QED) is 0.539. The van der Waals surface area contributed by atoms with Gasteiger partial charge in [0.1, 0.15) is 10.8 Å². The molecule has 0 saturated carbocycles. The maximum Gasteiger partial charge on any atom is 0.346 e. The molecule has 2 rings (SSSR count). The second-order valence-corrected chi connectivity index (χ2v) is 3.76. The van der Waals surface area contributed by atoms with E-state index < -0.39 is 0 Å². The zero-order valence-corrected chi connectivity index (χ0v) is 9.08. The monoisotopic (exact) mass is 224 g/mol. The summed E-state index contributed by atoms with van der Waals surface area (Å²) in [6.45, 7) is 0. The summed E-state index contributed by atoms with van der Waals surface area (Å²) in [5, 5.41) is 0.344. The lowest BCUT2D eigenvalue weighted by Crippen LogP contribution is -2.03. The molecule has 0 saturated heterocycles. The van der Waals surface area contributed by atoms with Crippen LogP contribution in [0, 0.1) is 0 Å². The number of pyridine rings is 1. The molecule has 0 atom stereocenters. The van der Waals surface area contributed by atoms with Crippen molar-refractivity contribution >= 4 is 23.3 Å². The number of carbonyl (C=O) groups excluding carboxylic acids is 1. The molecule has 0 aliphatic carbocycles. The molecule has 1 aromatic heterocycles. The fourth-order valence-corrected chi connectivity index (χ4v) is 1.46. The average Bonchev–Trinajstić information content (AvgIpc) is 2.42. The standard InChI is InChI=1S/C10H9ClN2O2/c1-13(2)5-7-9-6(10(14)15-7)3-4-8(11)12-9/h3-5H,1-2H3. The Kier molecular flexibility index (Phi) is 2.36. The van der Waals surface area contributed by atoms with Gasteiger partial charge in [-0.05, 0) is 12.1 Å². The topological polar surface area (TPSA) is 42.4 Å². The lowest BCUT2D eigenvalue weighted by molar-refractivity contribution is 0.0714. The molecule has 0 aromatic carbocycles. The van der Waals surface area contributed by atoms with E-state index in [0.29, 0.717) is 22.2 Å². The van der Waals surface area contributed by atoms with Crippen LogP contribution in [-0.4, -0.2) is 29.9 Å². The molecule has 0 N–H and O–H groups in total. The highest BCUT2D eigenvalue weighted by Crippen LogP contribution is 2.29. The number of esters is 1. The molecule has 15 heavy (non-hydrogen) atoms. The SMILES string of the molecule is CN(C)C=C1OC(=O)c2ccc(Cl)nc21. The van der Waals surface area contributed by atoms with Crippen LogP contribution in [-0.2, 0) is 4.74 Å². The van der Waals surface area contributed by atoms with Crippen molar-refractivity contribution in [1.29, 1.82) is 0 Å². The molecule has 1 aromatic rings. The van der Waals surface area contributed by atoms with Crippen molar-refractivity contribution in [1.82, 2.24) is 9.88 Å². The van der Waals surface area contributed by atoms with Crippen LogP contribution in [0.4, 0.5) is 0 Å². The Labute approximate surface area is 92.1 Å². The van der Waals surface area contributed by atoms with E-state index in [9.17, 15) is 4.79 Å². The first kappa shape index (κ1) is 9.98. The number of rotatable bonds is 1. The number of hydrogen-bond donors (Lipinski definition) is 0. The molecule has 4 nitrogen and oxygen atoms in total. The molecule has 1 aliphatic rings. The van der Waals surface area contributed by atoms with E-state index in [2.05, 4.69) is 4.98 Å². The van der Waals surface area contributed by atoms with Gasteiger partial charge >= 0.3 is 5.97 Å². The summed E-state index contributed by atoms with van der Waals surface area (Å²) in [6, 6.07) is 3.18. The highest BCUT2D eigenvalue weighted by molar-refractivity contribution is 6.29. The molecule has 2 heterocycles. The molecule has 0 amide bonds. The van der Waals surface area contributed by atoms with Crippen molar-refractivity contribution in [3.63, 3.8) is 0 Å². The zero-order valence-electron chi connectivity index (χ0n) is 8.32. The second kappa shape index (κ2) is 3.55. The summed E-state index contributed by atoms with van der Waals surface area (Å²) < 4.78 is 5.06. The number of ether oxygens (including phenoxy) is 1. The van der Waals surface area contributed by atoms with Gasteiger partial charge in [-0.25, -0.2) is 9.78 Å². The van der Waals surface area contributed by atoms with Crippen LogP contribution >= 0.6 is 11.6 Å². The number of halogens is 1. The van der Waals surface area contributed by atoms with Crippen LogP contribution in [0.1, 0.15) is 16.1 Å². The third-order valence-corrected chi connectivity index (χ3v) is 2.10. The number of nitrogens with zero attached hydrogens (tertiary/aromatic N) is 2. The van der Waals surface area contributed by atoms with Gasteiger partial charge < -0.3 is 9.64 Å². The number of hydrogen-bond acceptors (Lipinski definition) is 4. The Bertz CT molecular complexity index is 455. The van der Waals surface area contributed by atoms with Gasteiger partial charge in [0.2, 0.25) is 0 Å². The number of aromatic nitrogens is 1. The summed E-state index contributed by atoms with van der Waals surface area (Å²) in [5.41, 5.74) is 0.953. The summed E-state index contributed by atoms with van der Waals surface area (Å²) in [5.74, 6) is 0.0461. The largest absolute Gasteiger partial charge is 0.419 e. The Hall–Kier alpha value is -1.55. The zero-order chi connectivity index (χ0) is 11.0. The molecular weight excluding hydrogens is 216 g/mol. The molecular formula is C10H9ClN2O2. The Morgan fingerprint density at radius 3 is 2.87 bits per heavy atom. The fraction of sp³-hybridized carbons (Fsp3) is 0.200. The highest BCUT2D eigenvalue weighted by atomic mass is 35.5. The van der Waals surface area contributed by atoms with Gasteiger partial charge in [-0.3, -0.25) is 0 Å². The van der Waals surface area contributed by atoms with Gasteiger partial charge in [0.05, 0.1) is 5.56 Å². The molecule has 0 radical (unpaired) electrons. The first-order valence-electron chi connectivity index (χ1n) is 4.35. The van der Waals surface area contributed by atoms with Crippen LogP contribution in [0.2, 0.25) is 5.15 Å². The predicted molar refractivity (Wildman–Crippen MR) is 56.3 cm³/mol. The minimum Gasteiger partial charge on any atom is -0.419 e. The first-order chi connectivity index (χ1) is 7.08. The summed E-state index contributed by atoms with van der Waals surface area (Å²) in [7, 11) is 3.67. The maximum absolute atomic E-state index is 11.4. The lowest BCUT2D eigenvalue weighted by atomic mass is 10.2. The molecule has 78 valence electrons. The number of cyclic esters (lactones) is 1. The average molecular weight is 225 g/mol. The van der Waals surface area contributed by atoms with Gasteiger partial charge in [-0.2, -0.15) is 0 Å². The summed E-state index contributed by atoms with van der Waals surface area (Å²) in [4.78, 5) is 17.2. The molecule has 1 aliphatic heterocycles. The van der Waals surface area contributed by atoms with Crippen LogP contribution < -0.4 is 0 Å². The van der Waals surface area contributed by atoms with Gasteiger partial charge in [-0.15, -0.1) is 0 Å². The third kappa shape index (κ3) is 1.80. The van der Waals surface area contributed by atoms with Crippen molar-refractivity contribution in [3.05, 3.63) is 34.7 Å². The maximum atomic E-state index is 11.4. The highest BCUT2D eigenvalue weighted by Gasteiger charge is 2.28. The normalized spacial score (nSPS) is 16.5. The summed E-state index contributed by atoms with van der Waals surface area (Å²) >= 11 is 5.75.